The first-order valence-electron chi connectivity index (χ1n) is 6.47. The van der Waals surface area contributed by atoms with Crippen LogP contribution in [0.2, 0.25) is 0 Å². The number of halogens is 2. The fourth-order valence-corrected chi connectivity index (χ4v) is 3.56. The Hall–Kier alpha value is -1.30. The van der Waals surface area contributed by atoms with Gasteiger partial charge in [-0.2, -0.15) is 0 Å². The van der Waals surface area contributed by atoms with Crippen LogP contribution in [0.15, 0.2) is 57.7 Å². The van der Waals surface area contributed by atoms with Gasteiger partial charge in [0.1, 0.15) is 6.10 Å². The number of pyridine rings is 2. The number of nitrogens with zero attached hydrogens (tertiary/aromatic N) is 2. The Morgan fingerprint density at radius 3 is 2.71 bits per heavy atom. The lowest BCUT2D eigenvalue weighted by Crippen LogP contribution is -2.06. The number of hydrogen-bond donors (Lipinski definition) is 1. The van der Waals surface area contributed by atoms with Gasteiger partial charge in [0.25, 0.3) is 0 Å². The van der Waals surface area contributed by atoms with Gasteiger partial charge in [0.2, 0.25) is 0 Å². The lowest BCUT2D eigenvalue weighted by molar-refractivity contribution is 0.173. The molecule has 0 radical (unpaired) electrons. The van der Waals surface area contributed by atoms with Crippen molar-refractivity contribution in [2.24, 2.45) is 0 Å². The summed E-state index contributed by atoms with van der Waals surface area (Å²) in [6, 6.07) is 11.8. The van der Waals surface area contributed by atoms with Gasteiger partial charge in [0.15, 0.2) is 0 Å². The van der Waals surface area contributed by atoms with Crippen LogP contribution in [-0.4, -0.2) is 15.1 Å². The van der Waals surface area contributed by atoms with Crippen molar-refractivity contribution < 1.29 is 5.11 Å². The van der Waals surface area contributed by atoms with E-state index in [1.807, 2.05) is 36.4 Å². The summed E-state index contributed by atoms with van der Waals surface area (Å²) < 4.78 is 1.67. The Kier molecular flexibility index (Phi) is 4.33. The van der Waals surface area contributed by atoms with E-state index in [2.05, 4.69) is 41.8 Å². The lowest BCUT2D eigenvalue weighted by atomic mass is 10.0. The Labute approximate surface area is 139 Å². The van der Waals surface area contributed by atoms with Crippen LogP contribution in [0.1, 0.15) is 17.4 Å². The van der Waals surface area contributed by atoms with Crippen molar-refractivity contribution in [3.05, 3.63) is 69.0 Å². The zero-order valence-corrected chi connectivity index (χ0v) is 14.2. The Morgan fingerprint density at radius 1 is 1.10 bits per heavy atom. The quantitative estimate of drug-likeness (QED) is 0.698. The van der Waals surface area contributed by atoms with Crippen molar-refractivity contribution >= 4 is 42.8 Å². The van der Waals surface area contributed by atoms with E-state index in [4.69, 9.17) is 0 Å². The predicted molar refractivity (Wildman–Crippen MR) is 90.0 cm³/mol. The molecule has 106 valence electrons. The standard InChI is InChI=1S/C16H12Br2N2O/c17-11-8-13(18)16(20-9-11)15(21)7-10-5-6-19-14-4-2-1-3-12(10)14/h1-6,8-9,15,21H,7H2. The first kappa shape index (κ1) is 14.6. The van der Waals surface area contributed by atoms with Crippen LogP contribution in [0.3, 0.4) is 0 Å². The van der Waals surface area contributed by atoms with E-state index < -0.39 is 6.10 Å². The van der Waals surface area contributed by atoms with Crippen molar-refractivity contribution in [2.75, 3.05) is 0 Å². The number of aliphatic hydroxyl groups is 1. The summed E-state index contributed by atoms with van der Waals surface area (Å²) in [7, 11) is 0. The average molecular weight is 408 g/mol. The molecule has 21 heavy (non-hydrogen) atoms. The first-order valence-corrected chi connectivity index (χ1v) is 8.05. The highest BCUT2D eigenvalue weighted by atomic mass is 79.9. The monoisotopic (exact) mass is 406 g/mol. The summed E-state index contributed by atoms with van der Waals surface area (Å²) in [6.45, 7) is 0. The fraction of sp³-hybridized carbons (Fsp3) is 0.125. The number of fused-ring (bicyclic) bond motifs is 1. The minimum atomic E-state index is -0.668. The van der Waals surface area contributed by atoms with E-state index in [0.717, 1.165) is 25.4 Å². The minimum absolute atomic E-state index is 0.496. The number of para-hydroxylation sites is 1. The Bertz CT molecular complexity index is 787. The summed E-state index contributed by atoms with van der Waals surface area (Å²) in [6.07, 6.45) is 3.29. The Balaban J connectivity index is 1.94. The minimum Gasteiger partial charge on any atom is -0.386 e. The number of aromatic nitrogens is 2. The molecule has 2 heterocycles. The molecule has 1 aromatic carbocycles. The molecule has 0 amide bonds. The molecule has 0 aliphatic heterocycles. The van der Waals surface area contributed by atoms with Gasteiger partial charge in [-0.3, -0.25) is 9.97 Å². The molecule has 1 unspecified atom stereocenters. The van der Waals surface area contributed by atoms with Crippen molar-refractivity contribution in [1.29, 1.82) is 0 Å². The van der Waals surface area contributed by atoms with Crippen LogP contribution in [0, 0.1) is 0 Å². The van der Waals surface area contributed by atoms with E-state index in [-0.39, 0.29) is 0 Å². The van der Waals surface area contributed by atoms with Gasteiger partial charge in [0.05, 0.1) is 11.2 Å². The summed E-state index contributed by atoms with van der Waals surface area (Å²) in [5.74, 6) is 0. The van der Waals surface area contributed by atoms with Gasteiger partial charge in [0, 0.05) is 33.1 Å². The molecule has 0 spiro atoms. The maximum Gasteiger partial charge on any atom is 0.101 e. The van der Waals surface area contributed by atoms with E-state index in [1.165, 1.54) is 0 Å². The number of aliphatic hydroxyl groups excluding tert-OH is 1. The van der Waals surface area contributed by atoms with Crippen LogP contribution in [0.25, 0.3) is 10.9 Å². The van der Waals surface area contributed by atoms with E-state index in [9.17, 15) is 5.11 Å². The highest BCUT2D eigenvalue weighted by Crippen LogP contribution is 2.28. The predicted octanol–water partition coefficient (Wildman–Crippen LogP) is 4.43. The number of hydrogen-bond acceptors (Lipinski definition) is 3. The molecular formula is C16H12Br2N2O. The summed E-state index contributed by atoms with van der Waals surface area (Å²) >= 11 is 6.81. The highest BCUT2D eigenvalue weighted by molar-refractivity contribution is 9.11. The molecular weight excluding hydrogens is 396 g/mol. The first-order chi connectivity index (χ1) is 10.1. The molecule has 0 saturated heterocycles. The second-order valence-corrected chi connectivity index (χ2v) is 6.50. The van der Waals surface area contributed by atoms with Crippen molar-refractivity contribution in [3.63, 3.8) is 0 Å². The average Bonchev–Trinajstić information content (AvgIpc) is 2.47. The van der Waals surface area contributed by atoms with Gasteiger partial charge in [-0.1, -0.05) is 18.2 Å². The van der Waals surface area contributed by atoms with Crippen molar-refractivity contribution in [1.82, 2.24) is 9.97 Å². The third kappa shape index (κ3) is 3.15. The molecule has 0 saturated carbocycles. The van der Waals surface area contributed by atoms with Crippen LogP contribution < -0.4 is 0 Å². The molecule has 0 aliphatic rings. The Morgan fingerprint density at radius 2 is 1.90 bits per heavy atom. The van der Waals surface area contributed by atoms with Gasteiger partial charge in [-0.05, 0) is 55.6 Å². The molecule has 0 bridgehead atoms. The third-order valence-electron chi connectivity index (χ3n) is 3.30. The molecule has 0 fully saturated rings. The summed E-state index contributed by atoms with van der Waals surface area (Å²) in [5, 5.41) is 11.5. The van der Waals surface area contributed by atoms with Gasteiger partial charge in [-0.15, -0.1) is 0 Å². The van der Waals surface area contributed by atoms with Crippen LogP contribution in [-0.2, 0) is 6.42 Å². The molecule has 0 aliphatic carbocycles. The smallest absolute Gasteiger partial charge is 0.101 e. The molecule has 1 atom stereocenters. The van der Waals surface area contributed by atoms with Gasteiger partial charge < -0.3 is 5.11 Å². The highest BCUT2D eigenvalue weighted by Gasteiger charge is 2.15. The van der Waals surface area contributed by atoms with Crippen molar-refractivity contribution in [3.8, 4) is 0 Å². The second-order valence-electron chi connectivity index (χ2n) is 4.73. The van der Waals surface area contributed by atoms with E-state index in [0.29, 0.717) is 12.1 Å². The molecule has 5 heteroatoms. The molecule has 3 aromatic rings. The number of rotatable bonds is 3. The normalized spacial score (nSPS) is 12.5. The maximum atomic E-state index is 10.5. The number of benzene rings is 1. The lowest BCUT2D eigenvalue weighted by Gasteiger charge is -2.13. The van der Waals surface area contributed by atoms with Crippen molar-refractivity contribution in [2.45, 2.75) is 12.5 Å². The zero-order valence-electron chi connectivity index (χ0n) is 11.0. The largest absolute Gasteiger partial charge is 0.386 e. The second kappa shape index (κ2) is 6.22. The van der Waals surface area contributed by atoms with Gasteiger partial charge >= 0.3 is 0 Å². The zero-order chi connectivity index (χ0) is 14.8. The topological polar surface area (TPSA) is 46.0 Å². The molecule has 1 N–H and O–H groups in total. The van der Waals surface area contributed by atoms with Gasteiger partial charge in [-0.25, -0.2) is 0 Å². The van der Waals surface area contributed by atoms with Crippen LogP contribution in [0.5, 0.6) is 0 Å². The summed E-state index contributed by atoms with van der Waals surface area (Å²) in [4.78, 5) is 8.63. The van der Waals surface area contributed by atoms with E-state index in [1.54, 1.807) is 12.4 Å². The fourth-order valence-electron chi connectivity index (χ4n) is 2.31. The third-order valence-corrected chi connectivity index (χ3v) is 4.37. The summed E-state index contributed by atoms with van der Waals surface area (Å²) in [5.41, 5.74) is 2.63. The molecule has 2 aromatic heterocycles. The SMILES string of the molecule is OC(Cc1ccnc2ccccc12)c1ncc(Br)cc1Br. The molecule has 3 nitrogen and oxygen atoms in total. The van der Waals surface area contributed by atoms with Crippen LogP contribution in [0.4, 0.5) is 0 Å². The van der Waals surface area contributed by atoms with Crippen LogP contribution >= 0.6 is 31.9 Å². The maximum absolute atomic E-state index is 10.5. The van der Waals surface area contributed by atoms with E-state index >= 15 is 0 Å². The molecule has 3 rings (SSSR count).